The van der Waals surface area contributed by atoms with Crippen molar-refractivity contribution in [3.63, 3.8) is 0 Å². The first kappa shape index (κ1) is 20.3. The van der Waals surface area contributed by atoms with Crippen LogP contribution in [0.3, 0.4) is 0 Å². The van der Waals surface area contributed by atoms with E-state index < -0.39 is 6.03 Å². The zero-order valence-electron chi connectivity index (χ0n) is 15.6. The minimum atomic E-state index is -0.709. The van der Waals surface area contributed by atoms with Gasteiger partial charge in [-0.25, -0.2) is 9.18 Å². The molecule has 0 unspecified atom stereocenters. The molecule has 0 aliphatic carbocycles. The summed E-state index contributed by atoms with van der Waals surface area (Å²) in [6, 6.07) is 7.59. The lowest BCUT2D eigenvalue weighted by Crippen LogP contribution is -2.40. The van der Waals surface area contributed by atoms with Crippen LogP contribution in [-0.2, 0) is 12.8 Å². The van der Waals surface area contributed by atoms with Gasteiger partial charge in [0.2, 0.25) is 0 Å². The SMILES string of the molecule is NC(=O)Nc1cc(CCc2cccc(F)c2)sc1C(=O)N[C@H]1CCCCNC1. The third kappa shape index (κ3) is 5.77. The number of rotatable bonds is 6. The molecule has 8 heteroatoms. The molecule has 6 nitrogen and oxygen atoms in total. The van der Waals surface area contributed by atoms with Gasteiger partial charge in [-0.1, -0.05) is 18.6 Å². The van der Waals surface area contributed by atoms with Crippen molar-refractivity contribution in [1.82, 2.24) is 10.6 Å². The third-order valence-electron chi connectivity index (χ3n) is 4.68. The first-order valence-electron chi connectivity index (χ1n) is 9.46. The van der Waals surface area contributed by atoms with Gasteiger partial charge in [-0.05, 0) is 56.0 Å². The maximum absolute atomic E-state index is 13.3. The van der Waals surface area contributed by atoms with Crippen LogP contribution in [0.4, 0.5) is 14.9 Å². The number of nitrogens with one attached hydrogen (secondary N) is 3. The van der Waals surface area contributed by atoms with Gasteiger partial charge in [0.15, 0.2) is 0 Å². The molecular weight excluding hydrogens is 379 g/mol. The molecule has 3 amide bonds. The number of benzene rings is 1. The van der Waals surface area contributed by atoms with E-state index in [1.54, 1.807) is 12.1 Å². The molecule has 1 aliphatic rings. The minimum Gasteiger partial charge on any atom is -0.351 e. The largest absolute Gasteiger partial charge is 0.351 e. The second kappa shape index (κ2) is 9.66. The van der Waals surface area contributed by atoms with Gasteiger partial charge in [0.1, 0.15) is 10.7 Å². The quantitative estimate of drug-likeness (QED) is 0.596. The number of thiophene rings is 1. The van der Waals surface area contributed by atoms with Crippen molar-refractivity contribution in [2.24, 2.45) is 5.73 Å². The Kier molecular flexibility index (Phi) is 7.00. The van der Waals surface area contributed by atoms with Crippen LogP contribution in [0, 0.1) is 5.82 Å². The molecular formula is C20H25FN4O2S. The lowest BCUT2D eigenvalue weighted by Gasteiger charge is -2.16. The number of halogens is 1. The first-order chi connectivity index (χ1) is 13.5. The molecule has 1 aromatic carbocycles. The summed E-state index contributed by atoms with van der Waals surface area (Å²) in [6.07, 6.45) is 4.37. The Balaban J connectivity index is 1.71. The van der Waals surface area contributed by atoms with Crippen molar-refractivity contribution in [2.45, 2.75) is 38.1 Å². The Morgan fingerprint density at radius 1 is 1.25 bits per heavy atom. The molecule has 28 heavy (non-hydrogen) atoms. The van der Waals surface area contributed by atoms with Crippen LogP contribution in [0.25, 0.3) is 0 Å². The van der Waals surface area contributed by atoms with Crippen molar-refractivity contribution in [3.05, 3.63) is 51.5 Å². The summed E-state index contributed by atoms with van der Waals surface area (Å²) < 4.78 is 13.3. The molecule has 0 saturated carbocycles. The van der Waals surface area contributed by atoms with E-state index >= 15 is 0 Å². The molecule has 2 heterocycles. The van der Waals surface area contributed by atoms with Crippen LogP contribution in [0.2, 0.25) is 0 Å². The molecule has 0 bridgehead atoms. The summed E-state index contributed by atoms with van der Waals surface area (Å²) in [5, 5.41) is 8.91. The minimum absolute atomic E-state index is 0.0641. The molecule has 1 aromatic heterocycles. The van der Waals surface area contributed by atoms with Gasteiger partial charge in [-0.15, -0.1) is 11.3 Å². The van der Waals surface area contributed by atoms with Gasteiger partial charge in [-0.2, -0.15) is 0 Å². The van der Waals surface area contributed by atoms with E-state index in [-0.39, 0.29) is 17.8 Å². The second-order valence-electron chi connectivity index (χ2n) is 6.94. The number of anilines is 1. The number of urea groups is 1. The zero-order chi connectivity index (χ0) is 19.9. The topological polar surface area (TPSA) is 96.2 Å². The smallest absolute Gasteiger partial charge is 0.316 e. The number of nitrogens with two attached hydrogens (primary N) is 1. The fourth-order valence-electron chi connectivity index (χ4n) is 3.31. The lowest BCUT2D eigenvalue weighted by atomic mass is 10.1. The Hall–Kier alpha value is -2.45. The van der Waals surface area contributed by atoms with Crippen LogP contribution in [0.5, 0.6) is 0 Å². The van der Waals surface area contributed by atoms with Crippen LogP contribution in [-0.4, -0.2) is 31.1 Å². The van der Waals surface area contributed by atoms with Crippen LogP contribution in [0.15, 0.2) is 30.3 Å². The monoisotopic (exact) mass is 404 g/mol. The van der Waals surface area contributed by atoms with E-state index in [1.807, 2.05) is 6.07 Å². The average Bonchev–Trinajstić information content (AvgIpc) is 2.86. The Morgan fingerprint density at radius 3 is 2.89 bits per heavy atom. The van der Waals surface area contributed by atoms with Crippen LogP contribution >= 0.6 is 11.3 Å². The summed E-state index contributed by atoms with van der Waals surface area (Å²) in [7, 11) is 0. The first-order valence-corrected chi connectivity index (χ1v) is 10.3. The lowest BCUT2D eigenvalue weighted by molar-refractivity contribution is 0.0940. The van der Waals surface area contributed by atoms with E-state index in [2.05, 4.69) is 16.0 Å². The summed E-state index contributed by atoms with van der Waals surface area (Å²) in [4.78, 5) is 25.5. The van der Waals surface area contributed by atoms with Crippen molar-refractivity contribution >= 4 is 29.0 Å². The molecule has 1 fully saturated rings. The van der Waals surface area contributed by atoms with E-state index in [9.17, 15) is 14.0 Å². The number of hydrogen-bond donors (Lipinski definition) is 4. The normalized spacial score (nSPS) is 17.0. The highest BCUT2D eigenvalue weighted by Crippen LogP contribution is 2.29. The number of aryl methyl sites for hydroxylation is 2. The highest BCUT2D eigenvalue weighted by atomic mass is 32.1. The predicted octanol–water partition coefficient (Wildman–Crippen LogP) is 3.03. The van der Waals surface area contributed by atoms with Gasteiger partial charge in [0.25, 0.3) is 5.91 Å². The van der Waals surface area contributed by atoms with Crippen molar-refractivity contribution in [1.29, 1.82) is 0 Å². The summed E-state index contributed by atoms with van der Waals surface area (Å²) in [5.74, 6) is -0.476. The molecule has 1 saturated heterocycles. The summed E-state index contributed by atoms with van der Waals surface area (Å²) in [5.41, 5.74) is 6.57. The van der Waals surface area contributed by atoms with Crippen LogP contribution < -0.4 is 21.7 Å². The van der Waals surface area contributed by atoms with Gasteiger partial charge >= 0.3 is 6.03 Å². The van der Waals surface area contributed by atoms with Gasteiger partial charge in [0.05, 0.1) is 5.69 Å². The fraction of sp³-hybridized carbons (Fsp3) is 0.400. The van der Waals surface area contributed by atoms with Crippen LogP contribution in [0.1, 0.15) is 39.4 Å². The average molecular weight is 405 g/mol. The zero-order valence-corrected chi connectivity index (χ0v) is 16.4. The molecule has 3 rings (SSSR count). The van der Waals surface area contributed by atoms with E-state index in [1.165, 1.54) is 23.5 Å². The number of amides is 3. The molecule has 1 aliphatic heterocycles. The third-order valence-corrected chi connectivity index (χ3v) is 5.87. The standard InChI is InChI=1S/C20H25FN4O2S/c21-14-5-3-4-13(10-14)7-8-16-11-17(25-20(22)27)18(28-16)19(26)24-15-6-1-2-9-23-12-15/h3-5,10-11,15,23H,1-2,6-9,12H2,(H,24,26)(H3,22,25,27)/t15-/m0/s1. The summed E-state index contributed by atoms with van der Waals surface area (Å²) in [6.45, 7) is 1.70. The van der Waals surface area contributed by atoms with E-state index in [0.29, 0.717) is 23.4 Å². The number of carbonyl (C=O) groups is 2. The summed E-state index contributed by atoms with van der Waals surface area (Å²) >= 11 is 1.33. The van der Waals surface area contributed by atoms with Crippen molar-refractivity contribution in [2.75, 3.05) is 18.4 Å². The molecule has 5 N–H and O–H groups in total. The Morgan fingerprint density at radius 2 is 2.11 bits per heavy atom. The molecule has 2 aromatic rings. The molecule has 0 radical (unpaired) electrons. The highest BCUT2D eigenvalue weighted by molar-refractivity contribution is 7.14. The Bertz CT molecular complexity index is 831. The Labute approximate surface area is 167 Å². The predicted molar refractivity (Wildman–Crippen MR) is 109 cm³/mol. The second-order valence-corrected chi connectivity index (χ2v) is 8.08. The molecule has 1 atom stereocenters. The maximum Gasteiger partial charge on any atom is 0.316 e. The number of carbonyl (C=O) groups excluding carboxylic acids is 2. The van der Waals surface area contributed by atoms with Crippen molar-refractivity contribution in [3.8, 4) is 0 Å². The van der Waals surface area contributed by atoms with Crippen molar-refractivity contribution < 1.29 is 14.0 Å². The number of primary amides is 1. The molecule has 0 spiro atoms. The van der Waals surface area contributed by atoms with Gasteiger partial charge in [0, 0.05) is 17.5 Å². The van der Waals surface area contributed by atoms with E-state index in [4.69, 9.17) is 5.73 Å². The highest BCUT2D eigenvalue weighted by Gasteiger charge is 2.21. The fourth-order valence-corrected chi connectivity index (χ4v) is 4.33. The maximum atomic E-state index is 13.3. The molecule has 150 valence electrons. The van der Waals surface area contributed by atoms with Gasteiger partial charge in [-0.3, -0.25) is 4.79 Å². The van der Waals surface area contributed by atoms with E-state index in [0.717, 1.165) is 42.8 Å². The van der Waals surface area contributed by atoms with Gasteiger partial charge < -0.3 is 21.7 Å². The number of hydrogen-bond acceptors (Lipinski definition) is 4.